The topological polar surface area (TPSA) is 38.0 Å². The summed E-state index contributed by atoms with van der Waals surface area (Å²) in [4.78, 5) is 0. The van der Waals surface area contributed by atoms with Crippen LogP contribution in [0.3, 0.4) is 0 Å². The molecule has 0 spiro atoms. The number of nitrogens with two attached hydrogens (primary N) is 1. The Labute approximate surface area is 129 Å². The van der Waals surface area contributed by atoms with Gasteiger partial charge in [0.25, 0.3) is 0 Å². The summed E-state index contributed by atoms with van der Waals surface area (Å²) in [5, 5.41) is 0.395. The number of hydrogen-bond donors (Lipinski definition) is 2. The van der Waals surface area contributed by atoms with E-state index < -0.39 is 17.7 Å². The molecule has 0 fully saturated rings. The third kappa shape index (κ3) is 2.86. The van der Waals surface area contributed by atoms with Gasteiger partial charge < -0.3 is 0 Å². The van der Waals surface area contributed by atoms with Crippen molar-refractivity contribution in [2.75, 3.05) is 0 Å². The highest BCUT2D eigenvalue weighted by molar-refractivity contribution is 9.10. The van der Waals surface area contributed by atoms with Gasteiger partial charge in [-0.25, -0.2) is 14.2 Å². The van der Waals surface area contributed by atoms with Crippen molar-refractivity contribution in [2.45, 2.75) is 13.0 Å². The van der Waals surface area contributed by atoms with Gasteiger partial charge in [-0.05, 0) is 52.2 Å². The van der Waals surface area contributed by atoms with Crippen molar-refractivity contribution in [1.82, 2.24) is 5.43 Å². The van der Waals surface area contributed by atoms with Crippen LogP contribution in [0.2, 0.25) is 5.02 Å². The fourth-order valence-corrected chi connectivity index (χ4v) is 2.69. The lowest BCUT2D eigenvalue weighted by Crippen LogP contribution is -2.30. The van der Waals surface area contributed by atoms with E-state index in [2.05, 4.69) is 21.4 Å². The van der Waals surface area contributed by atoms with Crippen LogP contribution in [0.5, 0.6) is 0 Å². The minimum atomic E-state index is -0.874. The Morgan fingerprint density at radius 1 is 1.25 bits per heavy atom. The van der Waals surface area contributed by atoms with Crippen LogP contribution in [0.4, 0.5) is 8.78 Å². The lowest BCUT2D eigenvalue weighted by molar-refractivity contribution is 0.507. The summed E-state index contributed by atoms with van der Waals surface area (Å²) in [7, 11) is 0. The summed E-state index contributed by atoms with van der Waals surface area (Å²) in [5.74, 6) is 4.08. The molecule has 0 radical (unpaired) electrons. The molecular weight excluding hydrogens is 350 g/mol. The number of halogens is 4. The van der Waals surface area contributed by atoms with Gasteiger partial charge in [0.15, 0.2) is 0 Å². The third-order valence-corrected chi connectivity index (χ3v) is 3.94. The zero-order valence-electron chi connectivity index (χ0n) is 10.6. The summed E-state index contributed by atoms with van der Waals surface area (Å²) >= 11 is 9.18. The molecule has 2 aromatic rings. The van der Waals surface area contributed by atoms with Crippen molar-refractivity contribution in [2.24, 2.45) is 5.84 Å². The van der Waals surface area contributed by atoms with Crippen LogP contribution in [0.1, 0.15) is 22.7 Å². The van der Waals surface area contributed by atoms with Gasteiger partial charge in [-0.1, -0.05) is 23.7 Å². The van der Waals surface area contributed by atoms with E-state index in [1.807, 2.05) is 6.92 Å². The molecular formula is C14H12BrClF2N2. The molecule has 3 N–H and O–H groups in total. The van der Waals surface area contributed by atoms with Crippen molar-refractivity contribution in [1.29, 1.82) is 0 Å². The van der Waals surface area contributed by atoms with E-state index in [1.165, 1.54) is 12.1 Å². The molecule has 1 atom stereocenters. The minimum Gasteiger partial charge on any atom is -0.271 e. The molecule has 0 aliphatic carbocycles. The average Bonchev–Trinajstić information content (AvgIpc) is 2.40. The van der Waals surface area contributed by atoms with Gasteiger partial charge in [0.2, 0.25) is 0 Å². The van der Waals surface area contributed by atoms with Gasteiger partial charge in [0.05, 0.1) is 10.5 Å². The van der Waals surface area contributed by atoms with E-state index in [4.69, 9.17) is 17.4 Å². The van der Waals surface area contributed by atoms with Crippen LogP contribution in [-0.2, 0) is 0 Å². The second-order valence-corrected chi connectivity index (χ2v) is 5.64. The quantitative estimate of drug-likeness (QED) is 0.487. The molecule has 0 aromatic heterocycles. The minimum absolute atomic E-state index is 0.164. The number of hydrogen-bond acceptors (Lipinski definition) is 2. The second-order valence-electron chi connectivity index (χ2n) is 4.38. The lowest BCUT2D eigenvalue weighted by atomic mass is 9.97. The average molecular weight is 362 g/mol. The first kappa shape index (κ1) is 15.4. The molecule has 0 aliphatic rings. The third-order valence-electron chi connectivity index (χ3n) is 3.00. The standard InChI is InChI=1S/C14H12BrClF2N2/c1-7-2-3-8(10(16)6-7)14(20-19)12-11(17)5-4-9(15)13(12)18/h2-6,14,20H,19H2,1H3. The molecule has 2 rings (SSSR count). The molecule has 0 saturated heterocycles. The number of hydrazine groups is 1. The first-order valence-electron chi connectivity index (χ1n) is 5.81. The summed E-state index contributed by atoms with van der Waals surface area (Å²) < 4.78 is 28.3. The molecule has 0 amide bonds. The largest absolute Gasteiger partial charge is 0.271 e. The van der Waals surface area contributed by atoms with E-state index in [0.29, 0.717) is 10.6 Å². The SMILES string of the molecule is Cc1ccc(C(NN)c2c(F)ccc(Br)c2F)c(Cl)c1. The molecule has 6 heteroatoms. The first-order chi connectivity index (χ1) is 9.45. The molecule has 0 aliphatic heterocycles. The van der Waals surface area contributed by atoms with E-state index in [9.17, 15) is 8.78 Å². The maximum absolute atomic E-state index is 14.2. The molecule has 20 heavy (non-hydrogen) atoms. The molecule has 0 saturated carbocycles. The van der Waals surface area contributed by atoms with Crippen LogP contribution >= 0.6 is 27.5 Å². The van der Waals surface area contributed by atoms with Crippen LogP contribution in [0.15, 0.2) is 34.8 Å². The van der Waals surface area contributed by atoms with Crippen LogP contribution in [0.25, 0.3) is 0 Å². The predicted octanol–water partition coefficient (Wildman–Crippen LogP) is 4.24. The highest BCUT2D eigenvalue weighted by atomic mass is 79.9. The van der Waals surface area contributed by atoms with Crippen LogP contribution < -0.4 is 11.3 Å². The van der Waals surface area contributed by atoms with Crippen molar-refractivity contribution in [3.8, 4) is 0 Å². The highest BCUT2D eigenvalue weighted by Gasteiger charge is 2.24. The maximum Gasteiger partial charge on any atom is 0.145 e. The Hall–Kier alpha value is -1.01. The monoisotopic (exact) mass is 360 g/mol. The number of nitrogens with one attached hydrogen (secondary N) is 1. The Morgan fingerprint density at radius 2 is 1.95 bits per heavy atom. The summed E-state index contributed by atoms with van der Waals surface area (Å²) in [5.41, 5.74) is 3.70. The van der Waals surface area contributed by atoms with Gasteiger partial charge in [-0.2, -0.15) is 0 Å². The summed E-state index contributed by atoms with van der Waals surface area (Å²) in [6.45, 7) is 1.88. The fraction of sp³-hybridized carbons (Fsp3) is 0.143. The Morgan fingerprint density at radius 3 is 2.55 bits per heavy atom. The molecule has 2 aromatic carbocycles. The molecule has 2 nitrogen and oxygen atoms in total. The highest BCUT2D eigenvalue weighted by Crippen LogP contribution is 2.33. The number of benzene rings is 2. The summed E-state index contributed by atoms with van der Waals surface area (Å²) in [6.07, 6.45) is 0. The smallest absolute Gasteiger partial charge is 0.145 e. The fourth-order valence-electron chi connectivity index (χ4n) is 2.00. The first-order valence-corrected chi connectivity index (χ1v) is 6.98. The Kier molecular flexibility index (Phi) is 4.75. The van der Waals surface area contributed by atoms with Gasteiger partial charge >= 0.3 is 0 Å². The van der Waals surface area contributed by atoms with E-state index in [-0.39, 0.29) is 10.0 Å². The van der Waals surface area contributed by atoms with Gasteiger partial charge in [-0.15, -0.1) is 0 Å². The van der Waals surface area contributed by atoms with Gasteiger partial charge in [-0.3, -0.25) is 5.84 Å². The van der Waals surface area contributed by atoms with Crippen molar-refractivity contribution in [3.63, 3.8) is 0 Å². The zero-order chi connectivity index (χ0) is 14.9. The van der Waals surface area contributed by atoms with E-state index >= 15 is 0 Å². The Bertz CT molecular complexity index is 649. The van der Waals surface area contributed by atoms with E-state index in [1.54, 1.807) is 18.2 Å². The maximum atomic E-state index is 14.2. The lowest BCUT2D eigenvalue weighted by Gasteiger charge is -2.20. The van der Waals surface area contributed by atoms with Crippen molar-refractivity contribution >= 4 is 27.5 Å². The molecule has 0 bridgehead atoms. The van der Waals surface area contributed by atoms with Crippen molar-refractivity contribution < 1.29 is 8.78 Å². The van der Waals surface area contributed by atoms with Gasteiger partial charge in [0.1, 0.15) is 11.6 Å². The molecule has 0 heterocycles. The summed E-state index contributed by atoms with van der Waals surface area (Å²) in [6, 6.07) is 6.82. The Balaban J connectivity index is 2.61. The van der Waals surface area contributed by atoms with Crippen molar-refractivity contribution in [3.05, 3.63) is 68.2 Å². The normalized spacial score (nSPS) is 12.5. The molecule has 106 valence electrons. The predicted molar refractivity (Wildman–Crippen MR) is 79.4 cm³/mol. The number of rotatable bonds is 3. The molecule has 1 unspecified atom stereocenters. The van der Waals surface area contributed by atoms with Crippen LogP contribution in [0, 0.1) is 18.6 Å². The van der Waals surface area contributed by atoms with Crippen LogP contribution in [-0.4, -0.2) is 0 Å². The number of aryl methyl sites for hydroxylation is 1. The van der Waals surface area contributed by atoms with E-state index in [0.717, 1.165) is 5.56 Å². The van der Waals surface area contributed by atoms with Gasteiger partial charge in [0, 0.05) is 10.6 Å². The second kappa shape index (κ2) is 6.18. The zero-order valence-corrected chi connectivity index (χ0v) is 12.9.